The average Bonchev–Trinajstić information content (AvgIpc) is 2.87. The van der Waals surface area contributed by atoms with E-state index >= 15 is 0 Å². The van der Waals surface area contributed by atoms with E-state index in [2.05, 4.69) is 101 Å². The van der Waals surface area contributed by atoms with E-state index in [4.69, 9.17) is 0 Å². The van der Waals surface area contributed by atoms with Crippen molar-refractivity contribution >= 4 is 26.0 Å². The van der Waals surface area contributed by atoms with Crippen LogP contribution in [0.25, 0.3) is 0 Å². The van der Waals surface area contributed by atoms with E-state index in [1.165, 1.54) is 22.4 Å². The first-order chi connectivity index (χ1) is 10.8. The monoisotopic (exact) mass is 476 g/mol. The van der Waals surface area contributed by atoms with Crippen LogP contribution in [0.15, 0.2) is 24.5 Å². The Labute approximate surface area is 161 Å². The van der Waals surface area contributed by atoms with E-state index in [-0.39, 0.29) is 5.54 Å². The number of aryl methyl sites for hydroxylation is 3. The molecule has 0 fully saturated rings. The van der Waals surface area contributed by atoms with Gasteiger partial charge in [0, 0.05) is 24.3 Å². The van der Waals surface area contributed by atoms with E-state index in [1.54, 1.807) is 20.3 Å². The molecule has 1 N–H and O–H groups in total. The molecule has 0 aliphatic carbocycles. The Morgan fingerprint density at radius 2 is 1.65 bits per heavy atom. The van der Waals surface area contributed by atoms with Gasteiger partial charge in [0.2, 0.25) is 0 Å². The van der Waals surface area contributed by atoms with Crippen molar-refractivity contribution in [1.29, 1.82) is 0 Å². The summed E-state index contributed by atoms with van der Waals surface area (Å²) in [6.07, 6.45) is 4.28. The molecule has 1 heterocycles. The summed E-state index contributed by atoms with van der Waals surface area (Å²) in [7, 11) is 0. The summed E-state index contributed by atoms with van der Waals surface area (Å²) in [6, 6.07) is 4.49. The quantitative estimate of drug-likeness (QED) is 0.389. The molecule has 0 saturated heterocycles. The molecule has 1 aliphatic rings. The molecule has 0 aromatic heterocycles. The van der Waals surface area contributed by atoms with Crippen molar-refractivity contribution < 1.29 is 12.8 Å². The summed E-state index contributed by atoms with van der Waals surface area (Å²) >= 11 is 5.87. The molecule has 0 spiro atoms. The Bertz CT molecular complexity index is 515. The van der Waals surface area contributed by atoms with E-state index in [0.717, 1.165) is 13.1 Å². The van der Waals surface area contributed by atoms with Crippen LogP contribution in [-0.2, 0) is 12.8 Å². The van der Waals surface area contributed by atoms with Gasteiger partial charge in [0.05, 0.1) is 0 Å². The van der Waals surface area contributed by atoms with Crippen molar-refractivity contribution in [2.45, 2.75) is 47.1 Å². The van der Waals surface area contributed by atoms with Crippen molar-refractivity contribution in [3.05, 3.63) is 47.9 Å². The van der Waals surface area contributed by atoms with Gasteiger partial charge in [0.1, 0.15) is 0 Å². The van der Waals surface area contributed by atoms with Crippen LogP contribution in [0.4, 0.5) is 5.69 Å². The fraction of sp³-hybridized carbons (Fsp3) is 0.500. The van der Waals surface area contributed by atoms with E-state index in [1.807, 2.05) is 0 Å². The number of hydrogen-bond acceptors (Lipinski definition) is 3. The van der Waals surface area contributed by atoms with Crippen LogP contribution < -0.4 is 10.2 Å². The van der Waals surface area contributed by atoms with Gasteiger partial charge in [-0.1, -0.05) is 17.7 Å². The minimum absolute atomic E-state index is 0.174. The molecule has 3 nitrogen and oxygen atoms in total. The van der Waals surface area contributed by atoms with E-state index in [0.29, 0.717) is 0 Å². The van der Waals surface area contributed by atoms with Crippen molar-refractivity contribution in [1.82, 2.24) is 10.2 Å². The van der Waals surface area contributed by atoms with Crippen molar-refractivity contribution in [3.63, 3.8) is 0 Å². The second-order valence-corrected chi connectivity index (χ2v) is 6.98. The van der Waals surface area contributed by atoms with Crippen molar-refractivity contribution in [2.75, 3.05) is 18.0 Å². The standard InChI is InChI=1S/C18H28N3.Cu.HI/c1-14-11-15(2)17(16(3)12-14)21-10-9-20(13-21)8-7-19-18(4,5)6;;/h9-13,19H,7-8H2,1-6H3;;1H/q-1;+2;/p-1. The van der Waals surface area contributed by atoms with E-state index < -0.39 is 0 Å². The third-order valence-corrected chi connectivity index (χ3v) is 3.61. The molecule has 1 aliphatic heterocycles. The first-order valence-corrected chi connectivity index (χ1v) is 10.8. The number of anilines is 1. The topological polar surface area (TPSA) is 18.5 Å². The van der Waals surface area contributed by atoms with Crippen LogP contribution in [-0.4, -0.2) is 23.5 Å². The minimum atomic E-state index is 0.174. The van der Waals surface area contributed by atoms with Gasteiger partial charge < -0.3 is 15.1 Å². The summed E-state index contributed by atoms with van der Waals surface area (Å²) in [4.78, 5) is 4.46. The van der Waals surface area contributed by atoms with Crippen LogP contribution in [0.1, 0.15) is 37.5 Å². The summed E-state index contributed by atoms with van der Waals surface area (Å²) in [5.74, 6) is 0. The molecule has 0 amide bonds. The molecular formula is C18H28CuIN3. The molecule has 1 aromatic carbocycles. The number of benzene rings is 1. The Hall–Kier alpha value is -0.231. The van der Waals surface area contributed by atoms with Crippen molar-refractivity contribution in [2.24, 2.45) is 0 Å². The van der Waals surface area contributed by atoms with Crippen LogP contribution in [0.5, 0.6) is 0 Å². The molecule has 0 bridgehead atoms. The maximum atomic E-state index is 4.16. The predicted octanol–water partition coefficient (Wildman–Crippen LogP) is 4.60. The fourth-order valence-electron chi connectivity index (χ4n) is 2.80. The summed E-state index contributed by atoms with van der Waals surface area (Å²) in [6.45, 7) is 17.2. The Morgan fingerprint density at radius 1 is 1.09 bits per heavy atom. The summed E-state index contributed by atoms with van der Waals surface area (Å²) in [5.41, 5.74) is 5.44. The van der Waals surface area contributed by atoms with Gasteiger partial charge in [-0.2, -0.15) is 6.67 Å². The SMILES string of the molecule is Cc1cc(C)c(N2C=CN(CCNC(C)(C)C)[CH-]2)c(C)c1.[Cu+][I]. The maximum absolute atomic E-state index is 4.16. The zero-order valence-electron chi connectivity index (χ0n) is 14.9. The summed E-state index contributed by atoms with van der Waals surface area (Å²) < 4.78 is 0. The van der Waals surface area contributed by atoms with Gasteiger partial charge in [0.25, 0.3) is 0 Å². The van der Waals surface area contributed by atoms with Crippen molar-refractivity contribution in [3.8, 4) is 0 Å². The predicted molar refractivity (Wildman–Crippen MR) is 105 cm³/mol. The van der Waals surface area contributed by atoms with Gasteiger partial charge >= 0.3 is 33.1 Å². The molecule has 0 saturated carbocycles. The van der Waals surface area contributed by atoms with Gasteiger partial charge in [0.15, 0.2) is 0 Å². The Kier molecular flexibility index (Phi) is 8.42. The molecular weight excluding hydrogens is 449 g/mol. The zero-order chi connectivity index (χ0) is 17.6. The zero-order valence-corrected chi connectivity index (χ0v) is 18.0. The molecule has 1 aromatic rings. The Balaban J connectivity index is 0.00000127. The van der Waals surface area contributed by atoms with E-state index in [9.17, 15) is 0 Å². The second-order valence-electron chi connectivity index (χ2n) is 6.98. The van der Waals surface area contributed by atoms with Gasteiger partial charge in [-0.05, 0) is 65.1 Å². The third kappa shape index (κ3) is 6.65. The van der Waals surface area contributed by atoms with Crippen LogP contribution in [0, 0.1) is 27.4 Å². The number of nitrogens with zero attached hydrogens (tertiary/aromatic N) is 2. The van der Waals surface area contributed by atoms with Crippen LogP contribution in [0.3, 0.4) is 0 Å². The number of hydrogen-bond donors (Lipinski definition) is 1. The molecule has 0 atom stereocenters. The second kappa shape index (κ2) is 9.30. The van der Waals surface area contributed by atoms with Crippen LogP contribution in [0.2, 0.25) is 0 Å². The average molecular weight is 477 g/mol. The number of rotatable bonds is 4. The summed E-state index contributed by atoms with van der Waals surface area (Å²) in [5, 5.41) is 3.52. The molecule has 5 heteroatoms. The third-order valence-electron chi connectivity index (χ3n) is 3.61. The van der Waals surface area contributed by atoms with Gasteiger partial charge in [-0.15, -0.1) is 0 Å². The number of halogens is 1. The number of nitrogens with one attached hydrogen (secondary N) is 1. The fourth-order valence-corrected chi connectivity index (χ4v) is 2.80. The van der Waals surface area contributed by atoms with Gasteiger partial charge in [-0.3, -0.25) is 0 Å². The molecule has 0 unspecified atom stereocenters. The normalized spacial score (nSPS) is 14.1. The first-order valence-electron chi connectivity index (χ1n) is 7.78. The first kappa shape index (κ1) is 20.8. The van der Waals surface area contributed by atoms with Crippen LogP contribution >= 0.6 is 20.3 Å². The molecule has 0 radical (unpaired) electrons. The van der Waals surface area contributed by atoms with Gasteiger partial charge in [-0.25, -0.2) is 0 Å². The molecule has 2 rings (SSSR count). The molecule has 23 heavy (non-hydrogen) atoms. The molecule has 133 valence electrons. The Morgan fingerprint density at radius 3 is 2.17 bits per heavy atom.